The first-order chi connectivity index (χ1) is 25.8. The van der Waals surface area contributed by atoms with E-state index in [1.54, 1.807) is 12.0 Å². The summed E-state index contributed by atoms with van der Waals surface area (Å²) in [5, 5.41) is 33.9. The second-order valence-electron chi connectivity index (χ2n) is 20.1. The second-order valence-corrected chi connectivity index (χ2v) is 20.1. The quantitative estimate of drug-likeness (QED) is 0.212. The van der Waals surface area contributed by atoms with Crippen LogP contribution in [-0.2, 0) is 19.2 Å². The van der Waals surface area contributed by atoms with E-state index < -0.39 is 24.2 Å². The molecule has 11 nitrogen and oxygen atoms in total. The number of piperidine rings is 1. The molecule has 8 aliphatic rings. The molecule has 308 valence electrons. The minimum Gasteiger partial charge on any atom is -0.394 e. The first-order valence-electron chi connectivity index (χ1n) is 22.1. The van der Waals surface area contributed by atoms with Crippen LogP contribution >= 0.6 is 0 Å². The summed E-state index contributed by atoms with van der Waals surface area (Å²) in [6.07, 6.45) is 12.8. The Morgan fingerprint density at radius 1 is 0.981 bits per heavy atom. The summed E-state index contributed by atoms with van der Waals surface area (Å²) in [4.78, 5) is 37.1. The molecule has 9 unspecified atom stereocenters. The second kappa shape index (κ2) is 16.9. The van der Waals surface area contributed by atoms with Gasteiger partial charge in [-0.1, -0.05) is 40.0 Å². The van der Waals surface area contributed by atoms with Gasteiger partial charge in [-0.05, 0) is 126 Å². The normalized spacial score (nSPS) is 45.6. The molecule has 2 bridgehead atoms. The third-order valence-electron chi connectivity index (χ3n) is 16.6. The number of aliphatic hydroxyl groups is 2. The summed E-state index contributed by atoms with van der Waals surface area (Å²) < 4.78 is 6.43. The van der Waals surface area contributed by atoms with Crippen LogP contribution in [0.5, 0.6) is 0 Å². The van der Waals surface area contributed by atoms with Crippen LogP contribution in [0.3, 0.4) is 0 Å². The van der Waals surface area contributed by atoms with Gasteiger partial charge in [0.2, 0.25) is 11.8 Å². The molecule has 2 aliphatic heterocycles. The Hall–Kier alpha value is -1.34. The number of ether oxygens (including phenoxy) is 1. The van der Waals surface area contributed by atoms with Crippen LogP contribution in [0.2, 0.25) is 0 Å². The molecule has 11 heteroatoms. The number of amides is 2. The highest BCUT2D eigenvalue weighted by Crippen LogP contribution is 2.61. The van der Waals surface area contributed by atoms with Gasteiger partial charge in [-0.3, -0.25) is 14.4 Å². The molecule has 8 rings (SSSR count). The van der Waals surface area contributed by atoms with E-state index in [4.69, 9.17) is 9.57 Å². The SMILES string of the molecule is COC1C(CN2O[C@@H](CO)[C@H]([C@H](C)O)[C@H]2C(=O)N[C@H]2C[C@H]3C[C@@H]([C@@H]2C)C3(C)C)CCCC1C1CC(C(=O)NC2CNC3CCCCC3C2)CC(N(C)C)C1. The zero-order valence-electron chi connectivity index (χ0n) is 34.6. The standard InChI is InChI=1S/C43H75N5O6/c1-24-34-19-30(43(34,3)4)20-36(24)46-42(52)39-38(25(2)50)37(23-49)54-48(39)22-27-12-10-13-33(40(27)53-7)28-15-29(18-32(17-28)47(5)6)41(51)45-31-16-26-11-8-9-14-35(26)44-21-31/h24-40,44,49-50H,8-23H2,1-7H3,(H,45,51)(H,46,52)/t24-,25-,26?,27?,28?,29?,30+,31?,32?,33?,34-,35?,36-,37-,38-,39-,40?/m0/s1. The molecule has 17 atom stereocenters. The van der Waals surface area contributed by atoms with Crippen LogP contribution in [0, 0.1) is 58.7 Å². The van der Waals surface area contributed by atoms with E-state index in [1.165, 1.54) is 32.1 Å². The van der Waals surface area contributed by atoms with E-state index in [9.17, 15) is 19.8 Å². The number of hydroxylamine groups is 2. The lowest BCUT2D eigenvalue weighted by molar-refractivity contribution is -0.193. The van der Waals surface area contributed by atoms with Crippen molar-refractivity contribution >= 4 is 11.8 Å². The molecular weight excluding hydrogens is 683 g/mol. The Kier molecular flexibility index (Phi) is 12.8. The molecule has 8 fully saturated rings. The van der Waals surface area contributed by atoms with Crippen molar-refractivity contribution < 1.29 is 29.4 Å². The highest BCUT2D eigenvalue weighted by atomic mass is 16.7. The number of hydrogen-bond donors (Lipinski definition) is 5. The fraction of sp³-hybridized carbons (Fsp3) is 0.953. The molecule has 0 aromatic rings. The van der Waals surface area contributed by atoms with Gasteiger partial charge in [-0.15, -0.1) is 0 Å². The molecule has 2 heterocycles. The van der Waals surface area contributed by atoms with Crippen molar-refractivity contribution in [2.24, 2.45) is 58.7 Å². The lowest BCUT2D eigenvalue weighted by atomic mass is 9.45. The van der Waals surface area contributed by atoms with Crippen molar-refractivity contribution in [3.8, 4) is 0 Å². The summed E-state index contributed by atoms with van der Waals surface area (Å²) in [5.41, 5.74) is 0.320. The number of nitrogens with one attached hydrogen (secondary N) is 3. The number of carbonyl (C=O) groups excluding carboxylic acids is 2. The molecule has 54 heavy (non-hydrogen) atoms. The minimum atomic E-state index is -0.821. The molecule has 5 N–H and O–H groups in total. The third-order valence-corrected chi connectivity index (χ3v) is 16.6. The molecule has 2 saturated heterocycles. The Morgan fingerprint density at radius 3 is 2.44 bits per heavy atom. The maximum absolute atomic E-state index is 14.3. The highest BCUT2D eigenvalue weighted by Gasteiger charge is 2.58. The first-order valence-corrected chi connectivity index (χ1v) is 22.1. The predicted molar refractivity (Wildman–Crippen MR) is 209 cm³/mol. The largest absolute Gasteiger partial charge is 0.394 e. The number of carbonyl (C=O) groups is 2. The summed E-state index contributed by atoms with van der Waals surface area (Å²) >= 11 is 0. The summed E-state index contributed by atoms with van der Waals surface area (Å²) in [5.74, 6) is 2.59. The average Bonchev–Trinajstić information content (AvgIpc) is 3.53. The zero-order valence-corrected chi connectivity index (χ0v) is 34.6. The van der Waals surface area contributed by atoms with Crippen molar-refractivity contribution in [2.75, 3.05) is 40.9 Å². The summed E-state index contributed by atoms with van der Waals surface area (Å²) in [6, 6.07) is 0.562. The van der Waals surface area contributed by atoms with E-state index in [-0.39, 0.29) is 48.4 Å². The molecular formula is C43H75N5O6. The van der Waals surface area contributed by atoms with Gasteiger partial charge >= 0.3 is 0 Å². The number of fused-ring (bicyclic) bond motifs is 3. The third kappa shape index (κ3) is 8.04. The number of hydrogen-bond acceptors (Lipinski definition) is 9. The Bertz CT molecular complexity index is 1300. The fourth-order valence-electron chi connectivity index (χ4n) is 13.3. The lowest BCUT2D eigenvalue weighted by Crippen LogP contribution is -2.62. The van der Waals surface area contributed by atoms with Crippen LogP contribution in [-0.4, -0.2) is 121 Å². The van der Waals surface area contributed by atoms with Gasteiger partial charge in [-0.25, -0.2) is 0 Å². The van der Waals surface area contributed by atoms with E-state index >= 15 is 0 Å². The van der Waals surface area contributed by atoms with Gasteiger partial charge in [0.1, 0.15) is 12.1 Å². The Morgan fingerprint density at radius 2 is 1.76 bits per heavy atom. The topological polar surface area (TPSA) is 136 Å². The smallest absolute Gasteiger partial charge is 0.240 e. The highest BCUT2D eigenvalue weighted by molar-refractivity contribution is 5.83. The van der Waals surface area contributed by atoms with Crippen LogP contribution < -0.4 is 16.0 Å². The maximum atomic E-state index is 14.3. The number of rotatable bonds is 11. The van der Waals surface area contributed by atoms with Gasteiger partial charge in [0.25, 0.3) is 0 Å². The average molecular weight is 758 g/mol. The van der Waals surface area contributed by atoms with Crippen molar-refractivity contribution in [3.63, 3.8) is 0 Å². The van der Waals surface area contributed by atoms with Crippen LogP contribution in [0.25, 0.3) is 0 Å². The molecule has 0 radical (unpaired) electrons. The number of aliphatic hydroxyl groups excluding tert-OH is 2. The van der Waals surface area contributed by atoms with Crippen molar-refractivity contribution in [1.29, 1.82) is 0 Å². The van der Waals surface area contributed by atoms with E-state index in [0.29, 0.717) is 59.6 Å². The van der Waals surface area contributed by atoms with Crippen molar-refractivity contribution in [1.82, 2.24) is 25.9 Å². The molecule has 0 spiro atoms. The van der Waals surface area contributed by atoms with E-state index in [0.717, 1.165) is 57.9 Å². The Labute approximate surface area is 325 Å². The van der Waals surface area contributed by atoms with Crippen molar-refractivity contribution in [2.45, 2.75) is 160 Å². The van der Waals surface area contributed by atoms with Gasteiger partial charge < -0.3 is 35.8 Å². The first kappa shape index (κ1) is 40.8. The van der Waals surface area contributed by atoms with Gasteiger partial charge in [0.05, 0.1) is 18.8 Å². The zero-order chi connectivity index (χ0) is 38.5. The van der Waals surface area contributed by atoms with Crippen molar-refractivity contribution in [3.05, 3.63) is 0 Å². The lowest BCUT2D eigenvalue weighted by Gasteiger charge is -2.62. The van der Waals surface area contributed by atoms with E-state index in [2.05, 4.69) is 55.7 Å². The Balaban J connectivity index is 1.03. The molecule has 6 saturated carbocycles. The van der Waals surface area contributed by atoms with Gasteiger partial charge in [-0.2, -0.15) is 5.06 Å². The van der Waals surface area contributed by atoms with Crippen LogP contribution in [0.15, 0.2) is 0 Å². The minimum absolute atomic E-state index is 0.0241. The van der Waals surface area contributed by atoms with Gasteiger partial charge in [0.15, 0.2) is 0 Å². The molecule has 2 amide bonds. The number of nitrogens with zero attached hydrogens (tertiary/aromatic N) is 2. The molecule has 0 aromatic heterocycles. The maximum Gasteiger partial charge on any atom is 0.240 e. The van der Waals surface area contributed by atoms with Gasteiger partial charge in [0, 0.05) is 62.1 Å². The van der Waals surface area contributed by atoms with E-state index in [1.807, 2.05) is 7.11 Å². The summed E-state index contributed by atoms with van der Waals surface area (Å²) in [7, 11) is 6.12. The fourth-order valence-corrected chi connectivity index (χ4v) is 13.3. The number of methoxy groups -OCH3 is 1. The predicted octanol–water partition coefficient (Wildman–Crippen LogP) is 3.96. The van der Waals surface area contributed by atoms with Crippen LogP contribution in [0.1, 0.15) is 111 Å². The molecule has 6 aliphatic carbocycles. The van der Waals surface area contributed by atoms with Crippen LogP contribution in [0.4, 0.5) is 0 Å². The summed E-state index contributed by atoms with van der Waals surface area (Å²) in [6.45, 7) is 9.84. The monoisotopic (exact) mass is 758 g/mol. The molecule has 0 aromatic carbocycles.